The van der Waals surface area contributed by atoms with E-state index in [-0.39, 0.29) is 23.0 Å². The maximum Gasteiger partial charge on any atom is 0.234 e. The van der Waals surface area contributed by atoms with Gasteiger partial charge in [0.1, 0.15) is 11.4 Å². The Hall–Kier alpha value is -2.03. The molecule has 3 aromatic rings. The Morgan fingerprint density at radius 2 is 2.23 bits per heavy atom. The zero-order valence-electron chi connectivity index (χ0n) is 11.5. The van der Waals surface area contributed by atoms with Crippen molar-refractivity contribution in [3.05, 3.63) is 56.9 Å². The highest BCUT2D eigenvalue weighted by Crippen LogP contribution is 2.23. The Balaban J connectivity index is 2.16. The van der Waals surface area contributed by atoms with Crippen molar-refractivity contribution in [3.8, 4) is 5.75 Å². The molecule has 0 aliphatic rings. The van der Waals surface area contributed by atoms with Crippen LogP contribution < -0.4 is 0 Å². The van der Waals surface area contributed by atoms with Gasteiger partial charge in [0.15, 0.2) is 5.82 Å². The van der Waals surface area contributed by atoms with E-state index in [1.165, 1.54) is 22.7 Å². The van der Waals surface area contributed by atoms with E-state index in [1.54, 1.807) is 6.07 Å². The number of aromatic nitrogens is 3. The smallest absolute Gasteiger partial charge is 0.234 e. The first-order valence-corrected chi connectivity index (χ1v) is 7.64. The van der Waals surface area contributed by atoms with Gasteiger partial charge in [-0.1, -0.05) is 6.92 Å². The van der Waals surface area contributed by atoms with Gasteiger partial charge in [-0.15, -0.1) is 0 Å². The van der Waals surface area contributed by atoms with Gasteiger partial charge in [0.25, 0.3) is 0 Å². The minimum absolute atomic E-state index is 0.117. The average molecular weight is 411 g/mol. The van der Waals surface area contributed by atoms with Crippen molar-refractivity contribution in [2.45, 2.75) is 13.3 Å². The number of benzene rings is 1. The van der Waals surface area contributed by atoms with E-state index in [1.807, 2.05) is 29.5 Å². The van der Waals surface area contributed by atoms with Crippen molar-refractivity contribution < 1.29 is 14.3 Å². The highest BCUT2D eigenvalue weighted by atomic mass is 127. The molecule has 7 heteroatoms. The molecule has 0 saturated carbocycles. The number of nitrogens with zero attached hydrogens (tertiary/aromatic N) is 3. The van der Waals surface area contributed by atoms with E-state index in [4.69, 9.17) is 0 Å². The van der Waals surface area contributed by atoms with Gasteiger partial charge < -0.3 is 5.11 Å². The summed E-state index contributed by atoms with van der Waals surface area (Å²) in [7, 11) is 0. The van der Waals surface area contributed by atoms with Crippen LogP contribution in [0.1, 0.15) is 28.7 Å². The maximum atomic E-state index is 13.4. The summed E-state index contributed by atoms with van der Waals surface area (Å²) in [6.45, 7) is 1.87. The van der Waals surface area contributed by atoms with Crippen LogP contribution in [0.5, 0.6) is 5.75 Å². The third-order valence-corrected chi connectivity index (χ3v) is 4.17. The molecule has 0 aliphatic heterocycles. The van der Waals surface area contributed by atoms with Gasteiger partial charge in [-0.3, -0.25) is 9.20 Å². The van der Waals surface area contributed by atoms with E-state index < -0.39 is 5.82 Å². The van der Waals surface area contributed by atoms with E-state index in [0.29, 0.717) is 21.2 Å². The van der Waals surface area contributed by atoms with Gasteiger partial charge in [0.05, 0.1) is 15.5 Å². The van der Waals surface area contributed by atoms with E-state index >= 15 is 0 Å². The molecule has 1 N–H and O–H groups in total. The number of rotatable bonds is 3. The number of fused-ring (bicyclic) bond motifs is 1. The number of aromatic hydroxyl groups is 1. The normalized spacial score (nSPS) is 11.0. The SMILES string of the molecule is CCc1c(C(=O)c2ccc(O)c(I)c2)nc2ncc(F)cn12. The molecular formula is C15H11FIN3O2. The summed E-state index contributed by atoms with van der Waals surface area (Å²) in [5.74, 6) is -0.361. The molecule has 2 aromatic heterocycles. The van der Waals surface area contributed by atoms with Crippen LogP contribution >= 0.6 is 22.6 Å². The number of carbonyl (C=O) groups is 1. The third-order valence-electron chi connectivity index (χ3n) is 3.31. The van der Waals surface area contributed by atoms with Crippen molar-refractivity contribution in [2.75, 3.05) is 0 Å². The molecule has 3 rings (SSSR count). The number of carbonyl (C=O) groups excluding carboxylic acids is 1. The molecule has 0 saturated heterocycles. The van der Waals surface area contributed by atoms with Gasteiger partial charge in [0, 0.05) is 11.8 Å². The summed E-state index contributed by atoms with van der Waals surface area (Å²) in [5.41, 5.74) is 1.28. The topological polar surface area (TPSA) is 67.5 Å². The highest BCUT2D eigenvalue weighted by molar-refractivity contribution is 14.1. The van der Waals surface area contributed by atoms with Gasteiger partial charge in [-0.2, -0.15) is 0 Å². The standard InChI is InChI=1S/C15H11FIN3O2/c1-2-11-13(19-15-18-6-9(16)7-20(11)15)14(22)8-3-4-12(21)10(17)5-8/h3-7,21H,2H2,1H3. The zero-order chi connectivity index (χ0) is 15.9. The van der Waals surface area contributed by atoms with Gasteiger partial charge >= 0.3 is 0 Å². The monoisotopic (exact) mass is 411 g/mol. The van der Waals surface area contributed by atoms with Crippen LogP contribution in [0.3, 0.4) is 0 Å². The van der Waals surface area contributed by atoms with Crippen LogP contribution in [0.2, 0.25) is 0 Å². The quantitative estimate of drug-likeness (QED) is 0.532. The van der Waals surface area contributed by atoms with Crippen LogP contribution in [-0.4, -0.2) is 25.3 Å². The first kappa shape index (κ1) is 14.9. The van der Waals surface area contributed by atoms with Crippen molar-refractivity contribution in [1.29, 1.82) is 0 Å². The lowest BCUT2D eigenvalue weighted by Gasteiger charge is -2.03. The predicted octanol–water partition coefficient (Wildman–Crippen LogP) is 2.97. The summed E-state index contributed by atoms with van der Waals surface area (Å²) in [6.07, 6.45) is 2.85. The molecule has 0 aliphatic carbocycles. The van der Waals surface area contributed by atoms with Crippen LogP contribution in [0.25, 0.3) is 5.78 Å². The maximum absolute atomic E-state index is 13.4. The van der Waals surface area contributed by atoms with Crippen molar-refractivity contribution >= 4 is 34.2 Å². The third kappa shape index (κ3) is 2.45. The molecular weight excluding hydrogens is 400 g/mol. The second kappa shape index (κ2) is 5.64. The fourth-order valence-corrected chi connectivity index (χ4v) is 2.78. The molecule has 5 nitrogen and oxygen atoms in total. The number of phenolic OH excluding ortho intramolecular Hbond substituents is 1. The number of aryl methyl sites for hydroxylation is 1. The van der Waals surface area contributed by atoms with Crippen molar-refractivity contribution in [2.24, 2.45) is 0 Å². The predicted molar refractivity (Wildman–Crippen MR) is 86.6 cm³/mol. The number of imidazole rings is 1. The number of hydrogen-bond donors (Lipinski definition) is 1. The first-order valence-electron chi connectivity index (χ1n) is 6.57. The number of phenols is 1. The van der Waals surface area contributed by atoms with E-state index in [0.717, 1.165) is 6.20 Å². The summed E-state index contributed by atoms with van der Waals surface area (Å²) < 4.78 is 15.4. The molecule has 112 valence electrons. The molecule has 0 unspecified atom stereocenters. The van der Waals surface area contributed by atoms with Gasteiger partial charge in [0.2, 0.25) is 11.6 Å². The number of ketones is 1. The second-order valence-electron chi connectivity index (χ2n) is 4.70. The summed E-state index contributed by atoms with van der Waals surface area (Å²) in [5, 5.41) is 9.55. The summed E-state index contributed by atoms with van der Waals surface area (Å²) in [4.78, 5) is 20.8. The van der Waals surface area contributed by atoms with E-state index in [2.05, 4.69) is 9.97 Å². The molecule has 0 radical (unpaired) electrons. The van der Waals surface area contributed by atoms with Crippen LogP contribution in [0.15, 0.2) is 30.6 Å². The number of hydrogen-bond acceptors (Lipinski definition) is 4. The Morgan fingerprint density at radius 1 is 1.45 bits per heavy atom. The Kier molecular flexibility index (Phi) is 3.81. The van der Waals surface area contributed by atoms with Crippen LogP contribution in [0, 0.1) is 9.39 Å². The largest absolute Gasteiger partial charge is 0.507 e. The lowest BCUT2D eigenvalue weighted by Crippen LogP contribution is -2.06. The zero-order valence-corrected chi connectivity index (χ0v) is 13.7. The fraction of sp³-hybridized carbons (Fsp3) is 0.133. The summed E-state index contributed by atoms with van der Waals surface area (Å²) in [6, 6.07) is 4.60. The Labute approximate surface area is 139 Å². The Bertz CT molecular complexity index is 892. The lowest BCUT2D eigenvalue weighted by atomic mass is 10.1. The molecule has 0 spiro atoms. The molecule has 22 heavy (non-hydrogen) atoms. The highest BCUT2D eigenvalue weighted by Gasteiger charge is 2.20. The molecule has 1 aromatic carbocycles. The molecule has 0 amide bonds. The van der Waals surface area contributed by atoms with E-state index in [9.17, 15) is 14.3 Å². The minimum Gasteiger partial charge on any atom is -0.507 e. The van der Waals surface area contributed by atoms with Crippen molar-refractivity contribution in [1.82, 2.24) is 14.4 Å². The molecule has 0 bridgehead atoms. The summed E-state index contributed by atoms with van der Waals surface area (Å²) >= 11 is 1.95. The number of halogens is 2. The second-order valence-corrected chi connectivity index (χ2v) is 5.86. The lowest BCUT2D eigenvalue weighted by molar-refractivity contribution is 0.103. The average Bonchev–Trinajstić information content (AvgIpc) is 2.86. The van der Waals surface area contributed by atoms with Gasteiger partial charge in [-0.25, -0.2) is 14.4 Å². The first-order chi connectivity index (χ1) is 10.5. The minimum atomic E-state index is -0.488. The van der Waals surface area contributed by atoms with Crippen molar-refractivity contribution in [3.63, 3.8) is 0 Å². The molecule has 2 heterocycles. The van der Waals surface area contributed by atoms with Gasteiger partial charge in [-0.05, 0) is 47.2 Å². The molecule has 0 atom stereocenters. The fourth-order valence-electron chi connectivity index (χ4n) is 2.26. The van der Waals surface area contributed by atoms with Crippen LogP contribution in [-0.2, 0) is 6.42 Å². The Morgan fingerprint density at radius 3 is 2.91 bits per heavy atom. The molecule has 0 fully saturated rings. The van der Waals surface area contributed by atoms with Crippen LogP contribution in [0.4, 0.5) is 4.39 Å².